The van der Waals surface area contributed by atoms with Gasteiger partial charge >= 0.3 is 5.97 Å². The first-order valence-corrected chi connectivity index (χ1v) is 10.3. The summed E-state index contributed by atoms with van der Waals surface area (Å²) in [4.78, 5) is 20.4. The van der Waals surface area contributed by atoms with Crippen molar-refractivity contribution in [2.24, 2.45) is 17.3 Å². The number of ether oxygens (including phenoxy) is 1. The smallest absolute Gasteiger partial charge is 0.337 e. The van der Waals surface area contributed by atoms with Gasteiger partial charge in [0.05, 0.1) is 12.7 Å². The lowest BCUT2D eigenvalue weighted by molar-refractivity contribution is 0.0600. The van der Waals surface area contributed by atoms with E-state index in [4.69, 9.17) is 4.74 Å². The monoisotopic (exact) mass is 374 g/mol. The molecule has 4 unspecified atom stereocenters. The number of carbonyl (C=O) groups is 1. The summed E-state index contributed by atoms with van der Waals surface area (Å²) in [6.45, 7) is 2.45. The molecule has 0 N–H and O–H groups in total. The first kappa shape index (κ1) is 17.6. The second-order valence-corrected chi connectivity index (χ2v) is 8.76. The van der Waals surface area contributed by atoms with Gasteiger partial charge in [0.15, 0.2) is 0 Å². The van der Waals surface area contributed by atoms with Crippen molar-refractivity contribution in [1.29, 1.82) is 0 Å². The number of methoxy groups -OCH3 is 1. The number of aromatic nitrogens is 2. The zero-order chi connectivity index (χ0) is 19.3. The van der Waals surface area contributed by atoms with Crippen LogP contribution in [0, 0.1) is 17.3 Å². The lowest BCUT2D eigenvalue weighted by atomic mass is 9.54. The van der Waals surface area contributed by atoms with E-state index in [2.05, 4.69) is 35.1 Å². The Labute approximate surface area is 166 Å². The SMILES string of the molecule is COC(=O)c1ccc2c(c1)CCC1C2CCC2(C)C(c3cncnc3)=CCC12. The Balaban J connectivity index is 1.45. The Morgan fingerprint density at radius 1 is 1.21 bits per heavy atom. The molecule has 2 aromatic rings. The van der Waals surface area contributed by atoms with E-state index < -0.39 is 0 Å². The molecule has 0 spiro atoms. The highest BCUT2D eigenvalue weighted by molar-refractivity contribution is 5.89. The second-order valence-electron chi connectivity index (χ2n) is 8.76. The first-order chi connectivity index (χ1) is 13.6. The molecule has 144 valence electrons. The van der Waals surface area contributed by atoms with Crippen molar-refractivity contribution in [3.05, 3.63) is 65.2 Å². The Morgan fingerprint density at radius 2 is 2.04 bits per heavy atom. The third-order valence-electron chi connectivity index (χ3n) is 7.60. The van der Waals surface area contributed by atoms with E-state index in [1.807, 2.05) is 18.5 Å². The number of aryl methyl sites for hydroxylation is 1. The molecule has 0 bridgehead atoms. The molecule has 1 saturated carbocycles. The van der Waals surface area contributed by atoms with Crippen molar-refractivity contribution in [3.8, 4) is 0 Å². The Bertz CT molecular complexity index is 952. The maximum Gasteiger partial charge on any atom is 0.337 e. The molecule has 4 atom stereocenters. The highest BCUT2D eigenvalue weighted by Crippen LogP contribution is 2.62. The van der Waals surface area contributed by atoms with Crippen LogP contribution in [0.5, 0.6) is 0 Å². The number of nitrogens with zero attached hydrogens (tertiary/aromatic N) is 2. The van der Waals surface area contributed by atoms with E-state index in [0.717, 1.165) is 12.8 Å². The summed E-state index contributed by atoms with van der Waals surface area (Å²) in [5, 5.41) is 0. The van der Waals surface area contributed by atoms with Crippen LogP contribution in [0.3, 0.4) is 0 Å². The number of allylic oxidation sites excluding steroid dienone is 2. The van der Waals surface area contributed by atoms with Gasteiger partial charge < -0.3 is 4.74 Å². The molecule has 0 radical (unpaired) electrons. The first-order valence-electron chi connectivity index (χ1n) is 10.3. The fourth-order valence-corrected chi connectivity index (χ4v) is 6.28. The molecule has 4 nitrogen and oxygen atoms in total. The van der Waals surface area contributed by atoms with Crippen molar-refractivity contribution in [2.75, 3.05) is 7.11 Å². The van der Waals surface area contributed by atoms with Gasteiger partial charge in [0.25, 0.3) is 0 Å². The van der Waals surface area contributed by atoms with E-state index in [9.17, 15) is 4.79 Å². The number of rotatable bonds is 2. The number of hydrogen-bond donors (Lipinski definition) is 0. The maximum absolute atomic E-state index is 11.9. The molecular weight excluding hydrogens is 348 g/mol. The van der Waals surface area contributed by atoms with Crippen molar-refractivity contribution in [3.63, 3.8) is 0 Å². The van der Waals surface area contributed by atoms with Crippen LogP contribution >= 0.6 is 0 Å². The van der Waals surface area contributed by atoms with Gasteiger partial charge in [-0.1, -0.05) is 19.1 Å². The Hall–Kier alpha value is -2.49. The quantitative estimate of drug-likeness (QED) is 0.708. The number of benzene rings is 1. The minimum atomic E-state index is -0.240. The molecule has 5 rings (SSSR count). The molecule has 3 aliphatic carbocycles. The van der Waals surface area contributed by atoms with Crippen molar-refractivity contribution >= 4 is 11.5 Å². The summed E-state index contributed by atoms with van der Waals surface area (Å²) in [5.41, 5.74) is 6.33. The van der Waals surface area contributed by atoms with Crippen LogP contribution in [0.2, 0.25) is 0 Å². The molecule has 1 heterocycles. The van der Waals surface area contributed by atoms with Gasteiger partial charge in [-0.3, -0.25) is 0 Å². The van der Waals surface area contributed by atoms with Gasteiger partial charge in [0.2, 0.25) is 0 Å². The van der Waals surface area contributed by atoms with Gasteiger partial charge in [-0.25, -0.2) is 14.8 Å². The molecular formula is C24H26N2O2. The van der Waals surface area contributed by atoms with Crippen LogP contribution in [0.4, 0.5) is 0 Å². The minimum Gasteiger partial charge on any atom is -0.465 e. The van der Waals surface area contributed by atoms with Crippen molar-refractivity contribution < 1.29 is 9.53 Å². The third-order valence-corrected chi connectivity index (χ3v) is 7.60. The van der Waals surface area contributed by atoms with Gasteiger partial charge in [0.1, 0.15) is 6.33 Å². The van der Waals surface area contributed by atoms with Crippen LogP contribution in [-0.4, -0.2) is 23.0 Å². The summed E-state index contributed by atoms with van der Waals surface area (Å²) in [5.74, 6) is 1.74. The number of hydrogen-bond acceptors (Lipinski definition) is 4. The van der Waals surface area contributed by atoms with Crippen molar-refractivity contribution in [1.82, 2.24) is 9.97 Å². The highest BCUT2D eigenvalue weighted by Gasteiger charge is 2.51. The third kappa shape index (κ3) is 2.54. The molecule has 0 amide bonds. The zero-order valence-corrected chi connectivity index (χ0v) is 16.5. The number of carbonyl (C=O) groups excluding carboxylic acids is 1. The summed E-state index contributed by atoms with van der Waals surface area (Å²) in [6, 6.07) is 6.20. The van der Waals surface area contributed by atoms with Gasteiger partial charge in [-0.2, -0.15) is 0 Å². The average molecular weight is 374 g/mol. The number of esters is 1. The van der Waals surface area contributed by atoms with Crippen molar-refractivity contribution in [2.45, 2.75) is 44.9 Å². The zero-order valence-electron chi connectivity index (χ0n) is 16.5. The summed E-state index contributed by atoms with van der Waals surface area (Å²) in [6.07, 6.45) is 13.8. The van der Waals surface area contributed by atoms with E-state index in [-0.39, 0.29) is 11.4 Å². The molecule has 1 fully saturated rings. The predicted molar refractivity (Wildman–Crippen MR) is 108 cm³/mol. The van der Waals surface area contributed by atoms with Gasteiger partial charge in [0, 0.05) is 18.0 Å². The van der Waals surface area contributed by atoms with E-state index in [1.54, 1.807) is 6.33 Å². The maximum atomic E-state index is 11.9. The van der Waals surface area contributed by atoms with Crippen LogP contribution in [0.1, 0.15) is 65.6 Å². The van der Waals surface area contributed by atoms with Crippen LogP contribution in [0.25, 0.3) is 5.57 Å². The summed E-state index contributed by atoms with van der Waals surface area (Å²) in [7, 11) is 1.45. The van der Waals surface area contributed by atoms with E-state index in [1.165, 1.54) is 48.6 Å². The van der Waals surface area contributed by atoms with E-state index in [0.29, 0.717) is 23.3 Å². The molecule has 0 aliphatic heterocycles. The predicted octanol–water partition coefficient (Wildman–Crippen LogP) is 4.81. The largest absolute Gasteiger partial charge is 0.465 e. The standard InChI is InChI=1S/C24H26N2O2/c1-24-10-9-19-18-5-4-16(23(27)28-2)11-15(18)3-6-20(19)22(24)8-7-21(24)17-12-25-14-26-13-17/h4-5,7,11-14,19-20,22H,3,6,8-10H2,1-2H3. The average Bonchev–Trinajstić information content (AvgIpc) is 3.10. The number of fused-ring (bicyclic) bond motifs is 5. The van der Waals surface area contributed by atoms with Gasteiger partial charge in [-0.05, 0) is 84.1 Å². The van der Waals surface area contributed by atoms with E-state index >= 15 is 0 Å². The molecule has 0 saturated heterocycles. The Kier molecular flexibility index (Phi) is 4.11. The van der Waals surface area contributed by atoms with Crippen LogP contribution < -0.4 is 0 Å². The molecule has 3 aliphatic rings. The normalized spacial score (nSPS) is 30.6. The fourth-order valence-electron chi connectivity index (χ4n) is 6.28. The minimum absolute atomic E-state index is 0.218. The highest BCUT2D eigenvalue weighted by atomic mass is 16.5. The van der Waals surface area contributed by atoms with Crippen LogP contribution in [0.15, 0.2) is 43.0 Å². The lowest BCUT2D eigenvalue weighted by Gasteiger charge is -2.50. The summed E-state index contributed by atoms with van der Waals surface area (Å²) >= 11 is 0. The lowest BCUT2D eigenvalue weighted by Crippen LogP contribution is -2.41. The molecule has 1 aromatic heterocycles. The van der Waals surface area contributed by atoms with Crippen LogP contribution in [-0.2, 0) is 11.2 Å². The fraction of sp³-hybridized carbons (Fsp3) is 0.458. The molecule has 28 heavy (non-hydrogen) atoms. The molecule has 1 aromatic carbocycles. The second kappa shape index (κ2) is 6.54. The summed E-state index contributed by atoms with van der Waals surface area (Å²) < 4.78 is 4.90. The van der Waals surface area contributed by atoms with Gasteiger partial charge in [-0.15, -0.1) is 0 Å². The Morgan fingerprint density at radius 3 is 2.82 bits per heavy atom. The topological polar surface area (TPSA) is 52.1 Å². The molecule has 4 heteroatoms.